The molecule has 12 heteroatoms. The van der Waals surface area contributed by atoms with Crippen LogP contribution in [0.1, 0.15) is 19.5 Å². The topological polar surface area (TPSA) is 143 Å². The van der Waals surface area contributed by atoms with E-state index in [-0.39, 0.29) is 22.3 Å². The fourth-order valence-electron chi connectivity index (χ4n) is 3.96. The van der Waals surface area contributed by atoms with E-state index in [1.807, 2.05) is 24.3 Å². The van der Waals surface area contributed by atoms with Crippen molar-refractivity contribution in [1.82, 2.24) is 0 Å². The molecule has 0 atom stereocenters. The van der Waals surface area contributed by atoms with Crippen molar-refractivity contribution in [3.8, 4) is 24.3 Å². The Labute approximate surface area is 252 Å². The SMILES string of the molecule is N#CC(C#N)=c1cc/c(=C/c2ccc(C3=C(F)C(F)=C(c4ccc(/C=c5/ccc(=C(C#N)C#N)s5)s4)C(=N)C3=N)s2)s1. The molecular weight excluding hydrogens is 611 g/mol. The van der Waals surface area contributed by atoms with E-state index in [0.29, 0.717) is 28.6 Å². The number of allylic oxidation sites excluding steroid dienone is 4. The van der Waals surface area contributed by atoms with Crippen LogP contribution in [0.5, 0.6) is 0 Å². The number of hydrogen-bond donors (Lipinski definition) is 2. The summed E-state index contributed by atoms with van der Waals surface area (Å²) < 4.78 is 33.5. The minimum absolute atomic E-state index is 0.00540. The molecule has 0 unspecified atom stereocenters. The summed E-state index contributed by atoms with van der Waals surface area (Å²) in [6.07, 6.45) is 3.56. The Morgan fingerprint density at radius 1 is 0.571 bits per heavy atom. The Morgan fingerprint density at radius 3 is 1.31 bits per heavy atom. The van der Waals surface area contributed by atoms with Crippen LogP contribution in [-0.2, 0) is 0 Å². The largest absolute Gasteiger partial charge is 0.298 e. The highest BCUT2D eigenvalue weighted by Crippen LogP contribution is 2.41. The Morgan fingerprint density at radius 2 is 0.952 bits per heavy atom. The van der Waals surface area contributed by atoms with Crippen LogP contribution in [0.2, 0.25) is 0 Å². The van der Waals surface area contributed by atoms with Gasteiger partial charge in [0.25, 0.3) is 0 Å². The van der Waals surface area contributed by atoms with Gasteiger partial charge in [-0.15, -0.1) is 45.3 Å². The van der Waals surface area contributed by atoms with E-state index < -0.39 is 23.1 Å². The van der Waals surface area contributed by atoms with Gasteiger partial charge in [0.1, 0.15) is 35.4 Å². The third-order valence-corrected chi connectivity index (χ3v) is 10.1. The van der Waals surface area contributed by atoms with Gasteiger partial charge in [-0.3, -0.25) is 10.8 Å². The molecule has 0 amide bonds. The van der Waals surface area contributed by atoms with E-state index in [4.69, 9.17) is 31.9 Å². The van der Waals surface area contributed by atoms with Gasteiger partial charge in [0, 0.05) is 28.6 Å². The maximum atomic E-state index is 15.5. The van der Waals surface area contributed by atoms with Crippen molar-refractivity contribution in [2.24, 2.45) is 0 Å². The molecule has 0 bridgehead atoms. The molecule has 2 N–H and O–H groups in total. The van der Waals surface area contributed by atoms with Gasteiger partial charge in [-0.2, -0.15) is 21.0 Å². The molecule has 200 valence electrons. The molecule has 0 saturated carbocycles. The number of nitrogens with zero attached hydrogens (tertiary/aromatic N) is 4. The van der Waals surface area contributed by atoms with Crippen molar-refractivity contribution < 1.29 is 8.78 Å². The quantitative estimate of drug-likeness (QED) is 0.305. The highest BCUT2D eigenvalue weighted by atomic mass is 32.1. The monoisotopic (exact) mass is 622 g/mol. The molecule has 0 spiro atoms. The zero-order chi connectivity index (χ0) is 30.0. The van der Waals surface area contributed by atoms with Gasteiger partial charge in [-0.05, 0) is 60.7 Å². The predicted octanol–water partition coefficient (Wildman–Crippen LogP) is 5.10. The number of nitrogens with one attached hydrogen (secondary N) is 2. The standard InChI is InChI=1S/C30H12F2N6S4/c31-27-25(23-7-3-19(41-23)9-17-1-5-21(39-17)15(11-33)12-34)29(37)30(38)26(28(27)32)24-8-4-20(42-24)10-18-2-6-22(40-18)16(13-35)14-36/h1-10,37-38H/b17-9-,18-10-,37-29?,38-30?. The second-order valence-corrected chi connectivity index (χ2v) is 12.9. The Balaban J connectivity index is 1.50. The zero-order valence-corrected chi connectivity index (χ0v) is 24.2. The third kappa shape index (κ3) is 5.32. The molecule has 0 aliphatic heterocycles. The molecule has 0 fully saturated rings. The molecular formula is C30H12F2N6S4. The highest BCUT2D eigenvalue weighted by Gasteiger charge is 2.33. The van der Waals surface area contributed by atoms with Crippen LogP contribution >= 0.6 is 45.3 Å². The molecule has 4 aromatic rings. The first kappa shape index (κ1) is 28.4. The third-order valence-electron chi connectivity index (χ3n) is 5.89. The molecule has 1 aliphatic carbocycles. The lowest BCUT2D eigenvalue weighted by molar-refractivity contribution is 0.552. The summed E-state index contributed by atoms with van der Waals surface area (Å²) in [5.41, 5.74) is -1.44. The van der Waals surface area contributed by atoms with E-state index in [1.165, 1.54) is 22.7 Å². The van der Waals surface area contributed by atoms with Gasteiger partial charge >= 0.3 is 0 Å². The van der Waals surface area contributed by atoms with Gasteiger partial charge in [0.15, 0.2) is 11.7 Å². The molecule has 4 heterocycles. The minimum Gasteiger partial charge on any atom is -0.298 e. The first-order valence-corrected chi connectivity index (χ1v) is 15.0. The smallest absolute Gasteiger partial charge is 0.170 e. The van der Waals surface area contributed by atoms with E-state index >= 15 is 8.78 Å². The summed E-state index contributed by atoms with van der Waals surface area (Å²) >= 11 is 4.76. The van der Waals surface area contributed by atoms with Crippen LogP contribution in [0.15, 0.2) is 60.2 Å². The van der Waals surface area contributed by atoms with Gasteiger partial charge in [0.2, 0.25) is 0 Å². The fourth-order valence-corrected chi connectivity index (χ4v) is 7.93. The lowest BCUT2D eigenvalue weighted by atomic mass is 9.91. The molecule has 5 rings (SSSR count). The maximum Gasteiger partial charge on any atom is 0.170 e. The molecule has 0 saturated heterocycles. The average molecular weight is 623 g/mol. The van der Waals surface area contributed by atoms with Crippen molar-refractivity contribution >= 4 is 91.2 Å². The molecule has 42 heavy (non-hydrogen) atoms. The van der Waals surface area contributed by atoms with Crippen LogP contribution < -0.4 is 18.1 Å². The number of hydrogen-bond acceptors (Lipinski definition) is 10. The Kier molecular flexibility index (Phi) is 7.99. The summed E-state index contributed by atoms with van der Waals surface area (Å²) in [5, 5.41) is 53.3. The van der Waals surface area contributed by atoms with Crippen LogP contribution in [0.4, 0.5) is 8.78 Å². The molecule has 6 nitrogen and oxygen atoms in total. The van der Waals surface area contributed by atoms with Crippen molar-refractivity contribution in [3.05, 3.63) is 97.8 Å². The average Bonchev–Trinajstić information content (AvgIpc) is 3.80. The maximum absolute atomic E-state index is 15.5. The fraction of sp³-hybridized carbons (Fsp3) is 0. The van der Waals surface area contributed by atoms with Gasteiger partial charge < -0.3 is 0 Å². The Bertz CT molecular complexity index is 2120. The normalized spacial score (nSPS) is 14.0. The number of halogens is 2. The summed E-state index contributed by atoms with van der Waals surface area (Å²) in [5.74, 6) is -2.42. The van der Waals surface area contributed by atoms with E-state index in [0.717, 1.165) is 31.7 Å². The number of thiophene rings is 4. The second-order valence-electron chi connectivity index (χ2n) is 8.42. The van der Waals surface area contributed by atoms with Crippen LogP contribution in [0.25, 0.3) is 34.4 Å². The van der Waals surface area contributed by atoms with Gasteiger partial charge in [0.05, 0.1) is 31.6 Å². The molecule has 1 aliphatic rings. The number of rotatable bonds is 4. The first-order chi connectivity index (χ1) is 20.3. The van der Waals surface area contributed by atoms with E-state index in [2.05, 4.69) is 0 Å². The molecule has 0 radical (unpaired) electrons. The first-order valence-electron chi connectivity index (χ1n) is 11.7. The number of nitriles is 4. The molecule has 0 aromatic carbocycles. The van der Waals surface area contributed by atoms with Crippen molar-refractivity contribution in [2.75, 3.05) is 0 Å². The Hall–Kier alpha value is -5.08. The predicted molar refractivity (Wildman–Crippen MR) is 164 cm³/mol. The minimum atomic E-state index is -1.21. The van der Waals surface area contributed by atoms with Crippen LogP contribution in [-0.4, -0.2) is 11.4 Å². The van der Waals surface area contributed by atoms with Gasteiger partial charge in [-0.25, -0.2) is 8.78 Å². The summed E-state index contributed by atoms with van der Waals surface area (Å²) in [7, 11) is 0. The summed E-state index contributed by atoms with van der Waals surface area (Å²) in [6, 6.07) is 20.7. The van der Waals surface area contributed by atoms with Crippen LogP contribution in [0, 0.1) is 56.1 Å². The van der Waals surface area contributed by atoms with E-state index in [9.17, 15) is 0 Å². The van der Waals surface area contributed by atoms with E-state index in [1.54, 1.807) is 60.7 Å². The second kappa shape index (κ2) is 11.8. The van der Waals surface area contributed by atoms with Gasteiger partial charge in [-0.1, -0.05) is 0 Å². The van der Waals surface area contributed by atoms with Crippen molar-refractivity contribution in [3.63, 3.8) is 0 Å². The van der Waals surface area contributed by atoms with Crippen molar-refractivity contribution in [1.29, 1.82) is 31.9 Å². The zero-order valence-electron chi connectivity index (χ0n) is 21.0. The molecule has 4 aromatic heterocycles. The summed E-state index contributed by atoms with van der Waals surface area (Å²) in [4.78, 5) is 1.96. The van der Waals surface area contributed by atoms with Crippen LogP contribution in [0.3, 0.4) is 0 Å². The highest BCUT2D eigenvalue weighted by molar-refractivity contribution is 7.16. The lowest BCUT2D eigenvalue weighted by Gasteiger charge is -2.18. The van der Waals surface area contributed by atoms with Crippen molar-refractivity contribution in [2.45, 2.75) is 0 Å². The summed E-state index contributed by atoms with van der Waals surface area (Å²) in [6.45, 7) is 0. The lowest BCUT2D eigenvalue weighted by Crippen LogP contribution is -2.21.